The second-order valence-corrected chi connectivity index (χ2v) is 2.31. The summed E-state index contributed by atoms with van der Waals surface area (Å²) < 4.78 is 1.63. The van der Waals surface area contributed by atoms with Crippen molar-refractivity contribution in [2.24, 2.45) is 0 Å². The van der Waals surface area contributed by atoms with Gasteiger partial charge in [0.15, 0.2) is 5.65 Å². The second kappa shape index (κ2) is 1.91. The molecule has 0 fully saturated rings. The standard InChI is InChI=1S/C6H7N5/c1-4-2-5-10-8-3-11(5)6(7)9-4/h2-3H,1H3,(H2,7,9). The van der Waals surface area contributed by atoms with Crippen molar-refractivity contribution in [2.45, 2.75) is 6.92 Å². The molecule has 2 aromatic heterocycles. The molecule has 0 spiro atoms. The second-order valence-electron chi connectivity index (χ2n) is 2.31. The maximum absolute atomic E-state index is 5.57. The highest BCUT2D eigenvalue weighted by molar-refractivity contribution is 5.43. The van der Waals surface area contributed by atoms with Gasteiger partial charge < -0.3 is 5.73 Å². The Labute approximate surface area is 62.9 Å². The molecule has 0 aliphatic heterocycles. The van der Waals surface area contributed by atoms with E-state index in [1.54, 1.807) is 4.40 Å². The van der Waals surface area contributed by atoms with Gasteiger partial charge in [0.1, 0.15) is 6.33 Å². The minimum Gasteiger partial charge on any atom is -0.369 e. The Morgan fingerprint density at radius 3 is 3.18 bits per heavy atom. The van der Waals surface area contributed by atoms with E-state index in [0.717, 1.165) is 11.3 Å². The van der Waals surface area contributed by atoms with Crippen molar-refractivity contribution in [3.05, 3.63) is 18.1 Å². The summed E-state index contributed by atoms with van der Waals surface area (Å²) >= 11 is 0. The third-order valence-corrected chi connectivity index (χ3v) is 1.45. The van der Waals surface area contributed by atoms with Crippen molar-refractivity contribution >= 4 is 11.6 Å². The molecule has 2 heterocycles. The van der Waals surface area contributed by atoms with Crippen LogP contribution in [0.15, 0.2) is 12.4 Å². The van der Waals surface area contributed by atoms with Crippen molar-refractivity contribution in [1.29, 1.82) is 0 Å². The van der Waals surface area contributed by atoms with E-state index in [4.69, 9.17) is 5.73 Å². The summed E-state index contributed by atoms with van der Waals surface area (Å²) in [6.07, 6.45) is 1.54. The number of fused-ring (bicyclic) bond motifs is 1. The van der Waals surface area contributed by atoms with Crippen LogP contribution in [-0.4, -0.2) is 19.6 Å². The largest absolute Gasteiger partial charge is 0.369 e. The van der Waals surface area contributed by atoms with Crippen LogP contribution in [0.2, 0.25) is 0 Å². The van der Waals surface area contributed by atoms with Gasteiger partial charge >= 0.3 is 0 Å². The van der Waals surface area contributed by atoms with Crippen LogP contribution < -0.4 is 5.73 Å². The normalized spacial score (nSPS) is 10.6. The number of rotatable bonds is 0. The molecule has 0 unspecified atom stereocenters. The lowest BCUT2D eigenvalue weighted by molar-refractivity contribution is 1.06. The van der Waals surface area contributed by atoms with E-state index >= 15 is 0 Å². The van der Waals surface area contributed by atoms with Crippen LogP contribution in [0.4, 0.5) is 5.95 Å². The lowest BCUT2D eigenvalue weighted by atomic mass is 10.4. The predicted molar refractivity (Wildman–Crippen MR) is 39.9 cm³/mol. The van der Waals surface area contributed by atoms with Crippen LogP contribution in [0.25, 0.3) is 5.65 Å². The average molecular weight is 149 g/mol. The molecule has 5 heteroatoms. The minimum atomic E-state index is 0.421. The van der Waals surface area contributed by atoms with Crippen LogP contribution in [0, 0.1) is 6.92 Å². The number of aromatic nitrogens is 4. The van der Waals surface area contributed by atoms with Crippen molar-refractivity contribution in [2.75, 3.05) is 5.73 Å². The molecule has 2 N–H and O–H groups in total. The maximum Gasteiger partial charge on any atom is 0.207 e. The van der Waals surface area contributed by atoms with E-state index in [0.29, 0.717) is 5.95 Å². The molecule has 0 aliphatic carbocycles. The smallest absolute Gasteiger partial charge is 0.207 e. The number of hydrogen-bond donors (Lipinski definition) is 1. The monoisotopic (exact) mass is 149 g/mol. The number of nitrogens with zero attached hydrogens (tertiary/aromatic N) is 4. The van der Waals surface area contributed by atoms with Crippen molar-refractivity contribution < 1.29 is 0 Å². The van der Waals surface area contributed by atoms with Crippen LogP contribution in [0.3, 0.4) is 0 Å². The van der Waals surface area contributed by atoms with Crippen molar-refractivity contribution in [1.82, 2.24) is 19.6 Å². The van der Waals surface area contributed by atoms with Gasteiger partial charge in [-0.3, -0.25) is 4.40 Å². The number of aryl methyl sites for hydroxylation is 1. The third-order valence-electron chi connectivity index (χ3n) is 1.45. The van der Waals surface area contributed by atoms with E-state index in [1.165, 1.54) is 6.33 Å². The van der Waals surface area contributed by atoms with Gasteiger partial charge in [-0.2, -0.15) is 0 Å². The Hall–Kier alpha value is -1.65. The summed E-state index contributed by atoms with van der Waals surface area (Å²) in [6.45, 7) is 1.87. The molecule has 0 saturated carbocycles. The Morgan fingerprint density at radius 2 is 2.36 bits per heavy atom. The zero-order chi connectivity index (χ0) is 7.84. The molecule has 0 saturated heterocycles. The molecule has 56 valence electrons. The fraction of sp³-hybridized carbons (Fsp3) is 0.167. The fourth-order valence-corrected chi connectivity index (χ4v) is 0.973. The first kappa shape index (κ1) is 6.09. The lowest BCUT2D eigenvalue weighted by Crippen LogP contribution is -2.00. The molecule has 5 nitrogen and oxygen atoms in total. The number of nitrogen functional groups attached to an aromatic ring is 1. The predicted octanol–water partition coefficient (Wildman–Crippen LogP) is 0.0149. The summed E-state index contributed by atoms with van der Waals surface area (Å²) in [6, 6.07) is 1.82. The Balaban J connectivity index is 2.91. The molecule has 11 heavy (non-hydrogen) atoms. The molecule has 0 radical (unpaired) electrons. The van der Waals surface area contributed by atoms with Crippen LogP contribution in [-0.2, 0) is 0 Å². The first-order valence-corrected chi connectivity index (χ1v) is 3.20. The Morgan fingerprint density at radius 1 is 1.55 bits per heavy atom. The molecule has 2 aromatic rings. The van der Waals surface area contributed by atoms with Gasteiger partial charge in [0.05, 0.1) is 0 Å². The quantitative estimate of drug-likeness (QED) is 0.573. The minimum absolute atomic E-state index is 0.421. The van der Waals surface area contributed by atoms with Gasteiger partial charge in [0.2, 0.25) is 5.95 Å². The van der Waals surface area contributed by atoms with E-state index in [2.05, 4.69) is 15.2 Å². The van der Waals surface area contributed by atoms with Gasteiger partial charge in [-0.15, -0.1) is 10.2 Å². The van der Waals surface area contributed by atoms with Crippen molar-refractivity contribution in [3.8, 4) is 0 Å². The van der Waals surface area contributed by atoms with E-state index in [-0.39, 0.29) is 0 Å². The highest BCUT2D eigenvalue weighted by Gasteiger charge is 1.99. The lowest BCUT2D eigenvalue weighted by Gasteiger charge is -1.97. The Bertz CT molecular complexity index is 391. The van der Waals surface area contributed by atoms with Crippen LogP contribution >= 0.6 is 0 Å². The maximum atomic E-state index is 5.57. The summed E-state index contributed by atoms with van der Waals surface area (Å²) in [7, 11) is 0. The summed E-state index contributed by atoms with van der Waals surface area (Å²) in [5.41, 5.74) is 7.15. The van der Waals surface area contributed by atoms with Gasteiger partial charge in [0.25, 0.3) is 0 Å². The van der Waals surface area contributed by atoms with Gasteiger partial charge in [-0.25, -0.2) is 4.98 Å². The van der Waals surface area contributed by atoms with E-state index in [1.807, 2.05) is 13.0 Å². The molecular formula is C6H7N5. The number of nitrogens with two attached hydrogens (primary N) is 1. The SMILES string of the molecule is Cc1cc2nncn2c(N)n1. The molecule has 0 amide bonds. The zero-order valence-electron chi connectivity index (χ0n) is 6.02. The molecule has 0 aromatic carbocycles. The number of hydrogen-bond acceptors (Lipinski definition) is 4. The molecule has 0 atom stereocenters. The van der Waals surface area contributed by atoms with Gasteiger partial charge in [-0.1, -0.05) is 0 Å². The number of anilines is 1. The molecule has 0 aliphatic rings. The Kier molecular flexibility index (Phi) is 1.06. The fourth-order valence-electron chi connectivity index (χ4n) is 0.973. The average Bonchev–Trinajstić information content (AvgIpc) is 2.34. The van der Waals surface area contributed by atoms with Gasteiger partial charge in [0, 0.05) is 11.8 Å². The zero-order valence-corrected chi connectivity index (χ0v) is 6.02. The highest BCUT2D eigenvalue weighted by Crippen LogP contribution is 2.04. The molecule has 2 rings (SSSR count). The third kappa shape index (κ3) is 0.813. The summed E-state index contributed by atoms with van der Waals surface area (Å²) in [5, 5.41) is 7.53. The van der Waals surface area contributed by atoms with E-state index in [9.17, 15) is 0 Å². The van der Waals surface area contributed by atoms with Crippen molar-refractivity contribution in [3.63, 3.8) is 0 Å². The van der Waals surface area contributed by atoms with Crippen LogP contribution in [0.1, 0.15) is 5.69 Å². The van der Waals surface area contributed by atoms with Crippen LogP contribution in [0.5, 0.6) is 0 Å². The highest BCUT2D eigenvalue weighted by atomic mass is 15.3. The molecular weight excluding hydrogens is 142 g/mol. The van der Waals surface area contributed by atoms with Gasteiger partial charge in [-0.05, 0) is 6.92 Å². The first-order chi connectivity index (χ1) is 5.27. The summed E-state index contributed by atoms with van der Waals surface area (Å²) in [4.78, 5) is 4.03. The first-order valence-electron chi connectivity index (χ1n) is 3.20. The molecule has 0 bridgehead atoms. The van der Waals surface area contributed by atoms with E-state index < -0.39 is 0 Å². The topological polar surface area (TPSA) is 69.1 Å². The summed E-state index contributed by atoms with van der Waals surface area (Å²) in [5.74, 6) is 0.421.